The molecule has 2 heterocycles. The van der Waals surface area contributed by atoms with Crippen LogP contribution < -0.4 is 0 Å². The number of aromatic nitrogens is 2. The first-order valence-electron chi connectivity index (χ1n) is 18.6. The summed E-state index contributed by atoms with van der Waals surface area (Å²) in [6, 6.07) is 72.3. The normalized spacial score (nSPS) is 11.3. The summed E-state index contributed by atoms with van der Waals surface area (Å²) in [6.07, 6.45) is 0. The lowest BCUT2D eigenvalue weighted by Crippen LogP contribution is -1.97. The van der Waals surface area contributed by atoms with Gasteiger partial charge in [-0.3, -0.25) is 0 Å². The second kappa shape index (κ2) is 13.9. The monoisotopic (exact) mass is 702 g/mol. The average Bonchev–Trinajstić information content (AvgIpc) is 3.65. The van der Waals surface area contributed by atoms with Gasteiger partial charge in [0, 0.05) is 27.5 Å². The number of para-hydroxylation sites is 1. The highest BCUT2D eigenvalue weighted by atomic mass is 16.3. The van der Waals surface area contributed by atoms with Crippen LogP contribution in [0.15, 0.2) is 211 Å². The predicted octanol–water partition coefficient (Wildman–Crippen LogP) is 14.0. The molecule has 0 amide bonds. The first kappa shape index (κ1) is 32.3. The van der Waals surface area contributed by atoms with Crippen LogP contribution in [-0.2, 0) is 0 Å². The van der Waals surface area contributed by atoms with Crippen LogP contribution in [0.4, 0.5) is 0 Å². The molecule has 0 radical (unpaired) electrons. The van der Waals surface area contributed by atoms with Gasteiger partial charge in [0.2, 0.25) is 0 Å². The lowest BCUT2D eigenvalue weighted by Gasteiger charge is -2.14. The van der Waals surface area contributed by atoms with Crippen molar-refractivity contribution in [2.24, 2.45) is 0 Å². The van der Waals surface area contributed by atoms with E-state index >= 15 is 0 Å². The smallest absolute Gasteiger partial charge is 0.160 e. The van der Waals surface area contributed by atoms with E-state index in [1.807, 2.05) is 18.2 Å². The van der Waals surface area contributed by atoms with Gasteiger partial charge in [0.15, 0.2) is 5.82 Å². The maximum atomic E-state index is 6.20. The van der Waals surface area contributed by atoms with E-state index in [-0.39, 0.29) is 0 Å². The molecule has 10 aromatic rings. The number of rotatable bonds is 7. The fourth-order valence-electron chi connectivity index (χ4n) is 7.48. The van der Waals surface area contributed by atoms with E-state index in [1.165, 1.54) is 0 Å². The third kappa shape index (κ3) is 6.39. The molecule has 0 atom stereocenters. The molecule has 2 aromatic heterocycles. The summed E-state index contributed by atoms with van der Waals surface area (Å²) in [6.45, 7) is 0. The molecule has 0 saturated heterocycles. The lowest BCUT2D eigenvalue weighted by atomic mass is 9.93. The first-order chi connectivity index (χ1) is 27.2. The molecule has 3 heteroatoms. The van der Waals surface area contributed by atoms with Crippen molar-refractivity contribution in [3.8, 4) is 78.4 Å². The molecule has 0 aliphatic carbocycles. The molecule has 0 aliphatic rings. The fourth-order valence-corrected chi connectivity index (χ4v) is 7.48. The highest BCUT2D eigenvalue weighted by molar-refractivity contribution is 6.06. The maximum Gasteiger partial charge on any atom is 0.160 e. The van der Waals surface area contributed by atoms with Gasteiger partial charge in [-0.15, -0.1) is 0 Å². The van der Waals surface area contributed by atoms with Gasteiger partial charge in [0.05, 0.1) is 11.4 Å². The van der Waals surface area contributed by atoms with E-state index < -0.39 is 0 Å². The Bertz CT molecular complexity index is 2900. The average molecular weight is 703 g/mol. The van der Waals surface area contributed by atoms with Crippen molar-refractivity contribution < 1.29 is 4.42 Å². The van der Waals surface area contributed by atoms with E-state index in [0.29, 0.717) is 5.82 Å². The molecule has 0 aliphatic heterocycles. The van der Waals surface area contributed by atoms with Crippen LogP contribution in [0.2, 0.25) is 0 Å². The highest BCUT2D eigenvalue weighted by Crippen LogP contribution is 2.38. The Morgan fingerprint density at radius 1 is 0.255 bits per heavy atom. The van der Waals surface area contributed by atoms with E-state index in [2.05, 4.69) is 188 Å². The SMILES string of the molecule is c1ccc(-c2cc(-c3ccc4oc5ccccc5c4c3)cc(-c3cc(-c4ccccc4)nc(-c4cc(-c5ccccc5)cc(-c5ccccc5)c4)n3)c2)cc1. The van der Waals surface area contributed by atoms with Crippen LogP contribution in [0.5, 0.6) is 0 Å². The number of nitrogens with zero attached hydrogens (tertiary/aromatic N) is 2. The summed E-state index contributed by atoms with van der Waals surface area (Å²) in [5.74, 6) is 0.671. The Hall–Kier alpha value is -7.36. The molecule has 8 aromatic carbocycles. The minimum atomic E-state index is 0.671. The van der Waals surface area contributed by atoms with Crippen molar-refractivity contribution in [3.05, 3.63) is 206 Å². The molecule has 0 unspecified atom stereocenters. The maximum absolute atomic E-state index is 6.20. The molecular formula is C52H34N2O. The summed E-state index contributed by atoms with van der Waals surface area (Å²) in [5, 5.41) is 2.21. The molecule has 0 saturated carbocycles. The molecule has 0 fully saturated rings. The van der Waals surface area contributed by atoms with Crippen molar-refractivity contribution >= 4 is 21.9 Å². The van der Waals surface area contributed by atoms with Gasteiger partial charge in [-0.25, -0.2) is 9.97 Å². The lowest BCUT2D eigenvalue weighted by molar-refractivity contribution is 0.669. The van der Waals surface area contributed by atoms with Crippen molar-refractivity contribution in [1.82, 2.24) is 9.97 Å². The van der Waals surface area contributed by atoms with Gasteiger partial charge in [-0.05, 0) is 105 Å². The van der Waals surface area contributed by atoms with E-state index in [1.54, 1.807) is 0 Å². The van der Waals surface area contributed by atoms with Crippen LogP contribution in [0.25, 0.3) is 100 Å². The van der Waals surface area contributed by atoms with Gasteiger partial charge < -0.3 is 4.42 Å². The number of hydrogen-bond donors (Lipinski definition) is 0. The molecule has 55 heavy (non-hydrogen) atoms. The topological polar surface area (TPSA) is 38.9 Å². The standard InChI is InChI=1S/C52H34N2O/c1-5-15-35(16-6-1)40-28-43(39-25-26-51-47(33-39)46-23-13-14-24-50(46)55-51)30-44(29-40)49-34-48(38-21-11-4-12-22-38)53-52(54-49)45-31-41(36-17-7-2-8-18-36)27-42(32-45)37-19-9-3-10-20-37/h1-34H. The molecule has 10 rings (SSSR count). The molecule has 0 spiro atoms. The second-order valence-electron chi connectivity index (χ2n) is 13.8. The van der Waals surface area contributed by atoms with Crippen molar-refractivity contribution in [2.75, 3.05) is 0 Å². The molecule has 0 N–H and O–H groups in total. The quantitative estimate of drug-likeness (QED) is 0.166. The van der Waals surface area contributed by atoms with Gasteiger partial charge in [-0.2, -0.15) is 0 Å². The number of benzene rings is 8. The Kier molecular flexibility index (Phi) is 8.16. The molecule has 3 nitrogen and oxygen atoms in total. The van der Waals surface area contributed by atoms with Gasteiger partial charge in [0.1, 0.15) is 11.2 Å². The zero-order valence-electron chi connectivity index (χ0n) is 29.9. The van der Waals surface area contributed by atoms with Gasteiger partial charge in [0.25, 0.3) is 0 Å². The molecular weight excluding hydrogens is 669 g/mol. The molecule has 258 valence electrons. The number of hydrogen-bond acceptors (Lipinski definition) is 3. The van der Waals surface area contributed by atoms with Crippen molar-refractivity contribution in [3.63, 3.8) is 0 Å². The third-order valence-electron chi connectivity index (χ3n) is 10.2. The van der Waals surface area contributed by atoms with Gasteiger partial charge >= 0.3 is 0 Å². The third-order valence-corrected chi connectivity index (χ3v) is 10.2. The minimum absolute atomic E-state index is 0.671. The largest absolute Gasteiger partial charge is 0.456 e. The minimum Gasteiger partial charge on any atom is -0.456 e. The van der Waals surface area contributed by atoms with Crippen molar-refractivity contribution in [1.29, 1.82) is 0 Å². The number of fused-ring (bicyclic) bond motifs is 3. The zero-order chi connectivity index (χ0) is 36.6. The van der Waals surface area contributed by atoms with Gasteiger partial charge in [-0.1, -0.05) is 146 Å². The van der Waals surface area contributed by atoms with Crippen LogP contribution in [0.1, 0.15) is 0 Å². The summed E-state index contributed by atoms with van der Waals surface area (Å²) >= 11 is 0. The Labute approximate surface area is 319 Å². The van der Waals surface area contributed by atoms with Crippen LogP contribution >= 0.6 is 0 Å². The van der Waals surface area contributed by atoms with Crippen LogP contribution in [0.3, 0.4) is 0 Å². The van der Waals surface area contributed by atoms with Crippen LogP contribution in [0, 0.1) is 0 Å². The second-order valence-corrected chi connectivity index (χ2v) is 13.8. The Morgan fingerprint density at radius 2 is 0.673 bits per heavy atom. The fraction of sp³-hybridized carbons (Fsp3) is 0. The summed E-state index contributed by atoms with van der Waals surface area (Å²) in [5.41, 5.74) is 15.5. The zero-order valence-corrected chi connectivity index (χ0v) is 29.9. The van der Waals surface area contributed by atoms with Crippen LogP contribution in [-0.4, -0.2) is 9.97 Å². The van der Waals surface area contributed by atoms with E-state index in [4.69, 9.17) is 14.4 Å². The van der Waals surface area contributed by atoms with Crippen molar-refractivity contribution in [2.45, 2.75) is 0 Å². The number of furan rings is 1. The first-order valence-corrected chi connectivity index (χ1v) is 18.6. The summed E-state index contributed by atoms with van der Waals surface area (Å²) in [4.78, 5) is 10.7. The molecule has 0 bridgehead atoms. The summed E-state index contributed by atoms with van der Waals surface area (Å²) < 4.78 is 6.20. The highest BCUT2D eigenvalue weighted by Gasteiger charge is 2.16. The Balaban J connectivity index is 1.19. The van der Waals surface area contributed by atoms with E-state index in [0.717, 1.165) is 94.5 Å². The van der Waals surface area contributed by atoms with E-state index in [9.17, 15) is 0 Å². The predicted molar refractivity (Wildman–Crippen MR) is 227 cm³/mol. The Morgan fingerprint density at radius 3 is 1.24 bits per heavy atom. The summed E-state index contributed by atoms with van der Waals surface area (Å²) in [7, 11) is 0.